The van der Waals surface area contributed by atoms with E-state index in [4.69, 9.17) is 28.3 Å². The molecule has 0 radical (unpaired) electrons. The molecule has 19 heavy (non-hydrogen) atoms. The van der Waals surface area contributed by atoms with Crippen molar-refractivity contribution >= 4 is 29.1 Å². The quantitative estimate of drug-likeness (QED) is 0.849. The van der Waals surface area contributed by atoms with Crippen LogP contribution in [0.4, 0.5) is 0 Å². The van der Waals surface area contributed by atoms with Gasteiger partial charge < -0.3 is 10.4 Å². The molecular weight excluding hydrogens is 285 g/mol. The van der Waals surface area contributed by atoms with E-state index in [1.54, 1.807) is 12.1 Å². The molecule has 1 rings (SSSR count). The number of halogens is 2. The van der Waals surface area contributed by atoms with Crippen LogP contribution >= 0.6 is 23.2 Å². The zero-order valence-corrected chi connectivity index (χ0v) is 12.6. The molecule has 0 saturated heterocycles. The van der Waals surface area contributed by atoms with Gasteiger partial charge in [0.25, 0.3) is 0 Å². The molecule has 5 heteroatoms. The van der Waals surface area contributed by atoms with Crippen molar-refractivity contribution in [3.8, 4) is 0 Å². The van der Waals surface area contributed by atoms with Gasteiger partial charge in [-0.3, -0.25) is 4.79 Å². The molecule has 2 atom stereocenters. The lowest BCUT2D eigenvalue weighted by Crippen LogP contribution is -2.34. The first-order valence-corrected chi connectivity index (χ1v) is 7.02. The maximum Gasteiger partial charge on any atom is 0.223 e. The molecular formula is C14H19Cl2NO2. The Hall–Kier alpha value is -0.770. The molecule has 106 valence electrons. The fraction of sp³-hybridized carbons (Fsp3) is 0.500. The standard InChI is InChI=1S/C14H19Cl2NO2/c1-9(8-18)7-17-14(19)10(2)5-11-3-4-12(15)6-13(11)16/h3-4,6,9-10,18H,5,7-8H2,1-2H3,(H,17,19). The summed E-state index contributed by atoms with van der Waals surface area (Å²) < 4.78 is 0. The SMILES string of the molecule is CC(CO)CNC(=O)C(C)Cc1ccc(Cl)cc1Cl. The molecule has 0 spiro atoms. The number of hydrogen-bond acceptors (Lipinski definition) is 2. The van der Waals surface area contributed by atoms with Gasteiger partial charge in [0.15, 0.2) is 0 Å². The number of benzene rings is 1. The van der Waals surface area contributed by atoms with Gasteiger partial charge in [-0.25, -0.2) is 0 Å². The van der Waals surface area contributed by atoms with Crippen LogP contribution in [0.5, 0.6) is 0 Å². The minimum Gasteiger partial charge on any atom is -0.396 e. The van der Waals surface area contributed by atoms with Gasteiger partial charge in [-0.05, 0) is 30.0 Å². The molecule has 0 saturated carbocycles. The first-order valence-electron chi connectivity index (χ1n) is 6.26. The zero-order valence-electron chi connectivity index (χ0n) is 11.1. The second-order valence-electron chi connectivity index (χ2n) is 4.87. The van der Waals surface area contributed by atoms with Gasteiger partial charge in [0.05, 0.1) is 0 Å². The summed E-state index contributed by atoms with van der Waals surface area (Å²) >= 11 is 11.9. The molecule has 2 N–H and O–H groups in total. The topological polar surface area (TPSA) is 49.3 Å². The molecule has 0 aliphatic carbocycles. The summed E-state index contributed by atoms with van der Waals surface area (Å²) in [6, 6.07) is 5.28. The van der Waals surface area contributed by atoms with Crippen LogP contribution < -0.4 is 5.32 Å². The molecule has 2 unspecified atom stereocenters. The summed E-state index contributed by atoms with van der Waals surface area (Å²) in [5.41, 5.74) is 0.906. The fourth-order valence-corrected chi connectivity index (χ4v) is 2.11. The summed E-state index contributed by atoms with van der Waals surface area (Å²) in [6.07, 6.45) is 0.565. The first kappa shape index (κ1) is 16.3. The van der Waals surface area contributed by atoms with E-state index < -0.39 is 0 Å². The van der Waals surface area contributed by atoms with E-state index in [-0.39, 0.29) is 24.3 Å². The smallest absolute Gasteiger partial charge is 0.223 e. The minimum atomic E-state index is -0.176. The highest BCUT2D eigenvalue weighted by Crippen LogP contribution is 2.23. The van der Waals surface area contributed by atoms with Gasteiger partial charge in [-0.15, -0.1) is 0 Å². The van der Waals surface area contributed by atoms with Gasteiger partial charge in [0.1, 0.15) is 0 Å². The van der Waals surface area contributed by atoms with Crippen molar-refractivity contribution in [3.63, 3.8) is 0 Å². The monoisotopic (exact) mass is 303 g/mol. The van der Waals surface area contributed by atoms with Crippen molar-refractivity contribution in [2.45, 2.75) is 20.3 Å². The Bertz CT molecular complexity index is 437. The van der Waals surface area contributed by atoms with Gasteiger partial charge in [0, 0.05) is 29.1 Å². The maximum atomic E-state index is 11.9. The average molecular weight is 304 g/mol. The Morgan fingerprint density at radius 1 is 1.37 bits per heavy atom. The van der Waals surface area contributed by atoms with E-state index in [0.29, 0.717) is 23.0 Å². The Balaban J connectivity index is 2.54. The molecule has 3 nitrogen and oxygen atoms in total. The number of aliphatic hydroxyl groups excluding tert-OH is 1. The van der Waals surface area contributed by atoms with Crippen LogP contribution in [0.3, 0.4) is 0 Å². The minimum absolute atomic E-state index is 0.0358. The van der Waals surface area contributed by atoms with Crippen molar-refractivity contribution in [2.75, 3.05) is 13.2 Å². The molecule has 1 amide bonds. The average Bonchev–Trinajstić information content (AvgIpc) is 2.38. The Kier molecular flexibility index (Phi) is 6.63. The summed E-state index contributed by atoms with van der Waals surface area (Å²) in [6.45, 7) is 4.27. The van der Waals surface area contributed by atoms with Gasteiger partial charge >= 0.3 is 0 Å². The predicted octanol–water partition coefficient (Wildman–Crippen LogP) is 2.92. The summed E-state index contributed by atoms with van der Waals surface area (Å²) in [5, 5.41) is 12.9. The lowest BCUT2D eigenvalue weighted by Gasteiger charge is -2.15. The zero-order chi connectivity index (χ0) is 14.4. The molecule has 0 aromatic heterocycles. The summed E-state index contributed by atoms with van der Waals surface area (Å²) in [4.78, 5) is 11.9. The van der Waals surface area contributed by atoms with Crippen LogP contribution in [-0.4, -0.2) is 24.2 Å². The first-order chi connectivity index (χ1) is 8.93. The van der Waals surface area contributed by atoms with Gasteiger partial charge in [0.2, 0.25) is 5.91 Å². The largest absolute Gasteiger partial charge is 0.396 e. The van der Waals surface area contributed by atoms with E-state index in [1.165, 1.54) is 0 Å². The van der Waals surface area contributed by atoms with Crippen molar-refractivity contribution in [3.05, 3.63) is 33.8 Å². The van der Waals surface area contributed by atoms with Gasteiger partial charge in [-0.1, -0.05) is 43.1 Å². The van der Waals surface area contributed by atoms with Crippen LogP contribution in [0.25, 0.3) is 0 Å². The fourth-order valence-electron chi connectivity index (χ4n) is 1.62. The lowest BCUT2D eigenvalue weighted by molar-refractivity contribution is -0.124. The summed E-state index contributed by atoms with van der Waals surface area (Å²) in [7, 11) is 0. The van der Waals surface area contributed by atoms with Gasteiger partial charge in [-0.2, -0.15) is 0 Å². The lowest BCUT2D eigenvalue weighted by atomic mass is 10.00. The van der Waals surface area contributed by atoms with E-state index in [9.17, 15) is 4.79 Å². The van der Waals surface area contributed by atoms with Crippen molar-refractivity contribution in [2.24, 2.45) is 11.8 Å². The van der Waals surface area contributed by atoms with Crippen LogP contribution in [0.2, 0.25) is 10.0 Å². The molecule has 1 aromatic carbocycles. The second-order valence-corrected chi connectivity index (χ2v) is 5.72. The van der Waals surface area contributed by atoms with Crippen LogP contribution in [-0.2, 0) is 11.2 Å². The number of carbonyl (C=O) groups excluding carboxylic acids is 1. The summed E-state index contributed by atoms with van der Waals surface area (Å²) in [5.74, 6) is -0.147. The maximum absolute atomic E-state index is 11.9. The predicted molar refractivity (Wildman–Crippen MR) is 78.6 cm³/mol. The number of rotatable bonds is 6. The highest BCUT2D eigenvalue weighted by molar-refractivity contribution is 6.35. The number of amides is 1. The highest BCUT2D eigenvalue weighted by Gasteiger charge is 2.15. The molecule has 0 heterocycles. The number of carbonyl (C=O) groups is 1. The third-order valence-electron chi connectivity index (χ3n) is 2.93. The highest BCUT2D eigenvalue weighted by atomic mass is 35.5. The normalized spacial score (nSPS) is 13.9. The van der Waals surface area contributed by atoms with E-state index in [2.05, 4.69) is 5.32 Å². The van der Waals surface area contributed by atoms with Crippen LogP contribution in [0.15, 0.2) is 18.2 Å². The Morgan fingerprint density at radius 3 is 2.63 bits per heavy atom. The second kappa shape index (κ2) is 7.73. The molecule has 1 aromatic rings. The number of hydrogen-bond donors (Lipinski definition) is 2. The van der Waals surface area contributed by atoms with E-state index >= 15 is 0 Å². The molecule has 0 fully saturated rings. The Labute approximate surface area is 123 Å². The number of aliphatic hydroxyl groups is 1. The molecule has 0 bridgehead atoms. The number of nitrogens with one attached hydrogen (secondary N) is 1. The molecule has 0 aliphatic rings. The third-order valence-corrected chi connectivity index (χ3v) is 3.51. The van der Waals surface area contributed by atoms with Crippen LogP contribution in [0, 0.1) is 11.8 Å². The van der Waals surface area contributed by atoms with Crippen molar-refractivity contribution < 1.29 is 9.90 Å². The van der Waals surface area contributed by atoms with E-state index in [0.717, 1.165) is 5.56 Å². The van der Waals surface area contributed by atoms with Crippen molar-refractivity contribution in [1.82, 2.24) is 5.32 Å². The van der Waals surface area contributed by atoms with Crippen molar-refractivity contribution in [1.29, 1.82) is 0 Å². The van der Waals surface area contributed by atoms with E-state index in [1.807, 2.05) is 19.9 Å². The van der Waals surface area contributed by atoms with Crippen LogP contribution in [0.1, 0.15) is 19.4 Å². The Morgan fingerprint density at radius 2 is 2.05 bits per heavy atom. The molecule has 0 aliphatic heterocycles. The third kappa shape index (κ3) is 5.39.